The van der Waals surface area contributed by atoms with Crippen molar-refractivity contribution >= 4 is 10.0 Å². The summed E-state index contributed by atoms with van der Waals surface area (Å²) in [4.78, 5) is 0. The molecule has 0 heterocycles. The van der Waals surface area contributed by atoms with E-state index in [-0.39, 0.29) is 0 Å². The molecule has 0 spiro atoms. The highest BCUT2D eigenvalue weighted by molar-refractivity contribution is 7.90. The van der Waals surface area contributed by atoms with E-state index in [1.807, 2.05) is 0 Å². The molecule has 0 aliphatic heterocycles. The summed E-state index contributed by atoms with van der Waals surface area (Å²) < 4.78 is 25.7. The average molecular weight is 242 g/mol. The van der Waals surface area contributed by atoms with Crippen molar-refractivity contribution in [3.63, 3.8) is 0 Å². The highest BCUT2D eigenvalue weighted by Gasteiger charge is 2.22. The van der Waals surface area contributed by atoms with Crippen LogP contribution < -0.4 is 4.72 Å². The molecule has 1 unspecified atom stereocenters. The summed E-state index contributed by atoms with van der Waals surface area (Å²) in [6.45, 7) is 2.11. The van der Waals surface area contributed by atoms with Crippen LogP contribution in [-0.2, 0) is 10.0 Å². The third-order valence-electron chi connectivity index (χ3n) is 2.77. The average Bonchev–Trinajstić information content (AvgIpc) is 2.71. The predicted molar refractivity (Wildman–Crippen MR) is 63.2 cm³/mol. The van der Waals surface area contributed by atoms with Gasteiger partial charge in [0.1, 0.15) is 0 Å². The summed E-state index contributed by atoms with van der Waals surface area (Å²) in [6.07, 6.45) is 6.64. The number of nitrogens with zero attached hydrogens (tertiary/aromatic N) is 1. The Kier molecular flexibility index (Phi) is 4.97. The van der Waals surface area contributed by atoms with Crippen molar-refractivity contribution in [2.75, 3.05) is 6.54 Å². The lowest BCUT2D eigenvalue weighted by Crippen LogP contribution is -2.33. The standard InChI is InChI=1S/C11H18N2O2S/c1-2-11(9-12)16(14,15)13-8-7-10-5-3-4-6-10/h5,11,13H,2-4,6-8H2,1H3. The fourth-order valence-electron chi connectivity index (χ4n) is 1.80. The molecule has 0 aromatic rings. The normalized spacial score (nSPS) is 17.9. The number of hydrogen-bond acceptors (Lipinski definition) is 3. The van der Waals surface area contributed by atoms with Crippen molar-refractivity contribution in [1.82, 2.24) is 4.72 Å². The molecule has 5 heteroatoms. The van der Waals surface area contributed by atoms with Gasteiger partial charge in [-0.2, -0.15) is 5.26 Å². The van der Waals surface area contributed by atoms with Gasteiger partial charge in [0.15, 0.2) is 5.25 Å². The Labute approximate surface area is 97.4 Å². The minimum Gasteiger partial charge on any atom is -0.214 e. The van der Waals surface area contributed by atoms with E-state index >= 15 is 0 Å². The van der Waals surface area contributed by atoms with Crippen molar-refractivity contribution in [3.05, 3.63) is 11.6 Å². The molecule has 90 valence electrons. The van der Waals surface area contributed by atoms with Crippen molar-refractivity contribution in [3.8, 4) is 6.07 Å². The van der Waals surface area contributed by atoms with Gasteiger partial charge >= 0.3 is 0 Å². The zero-order chi connectivity index (χ0) is 12.0. The molecule has 0 aromatic heterocycles. The number of sulfonamides is 1. The zero-order valence-corrected chi connectivity index (χ0v) is 10.4. The quantitative estimate of drug-likeness (QED) is 0.721. The van der Waals surface area contributed by atoms with Gasteiger partial charge in [0.2, 0.25) is 10.0 Å². The lowest BCUT2D eigenvalue weighted by molar-refractivity contribution is 0.572. The highest BCUT2D eigenvalue weighted by Crippen LogP contribution is 2.19. The van der Waals surface area contributed by atoms with Gasteiger partial charge in [-0.1, -0.05) is 18.6 Å². The first-order valence-corrected chi connectivity index (χ1v) is 7.20. The summed E-state index contributed by atoms with van der Waals surface area (Å²) in [5, 5.41) is 7.77. The molecule has 1 atom stereocenters. The van der Waals surface area contributed by atoms with Gasteiger partial charge < -0.3 is 0 Å². The highest BCUT2D eigenvalue weighted by atomic mass is 32.2. The molecule has 1 N–H and O–H groups in total. The number of nitriles is 1. The Morgan fingerprint density at radius 2 is 2.38 bits per heavy atom. The molecular weight excluding hydrogens is 224 g/mol. The largest absolute Gasteiger partial charge is 0.227 e. The number of allylic oxidation sites excluding steroid dienone is 1. The number of rotatable bonds is 6. The van der Waals surface area contributed by atoms with Gasteiger partial charge in [-0.3, -0.25) is 0 Å². The first-order chi connectivity index (χ1) is 7.60. The maximum atomic E-state index is 11.6. The van der Waals surface area contributed by atoms with Crippen LogP contribution in [0.3, 0.4) is 0 Å². The van der Waals surface area contributed by atoms with Gasteiger partial charge in [-0.25, -0.2) is 13.1 Å². The van der Waals surface area contributed by atoms with Crippen molar-refractivity contribution in [2.45, 2.75) is 44.3 Å². The molecule has 0 saturated heterocycles. The smallest absolute Gasteiger partial charge is 0.214 e. The minimum absolute atomic E-state index is 0.328. The summed E-state index contributed by atoms with van der Waals surface area (Å²) in [7, 11) is -3.45. The molecule has 0 bridgehead atoms. The third kappa shape index (κ3) is 3.62. The second-order valence-electron chi connectivity index (χ2n) is 3.97. The Bertz CT molecular complexity index is 393. The molecule has 1 rings (SSSR count). The number of nitrogens with one attached hydrogen (secondary N) is 1. The topological polar surface area (TPSA) is 70.0 Å². The van der Waals surface area contributed by atoms with E-state index in [1.165, 1.54) is 12.0 Å². The Morgan fingerprint density at radius 3 is 2.88 bits per heavy atom. The van der Waals surface area contributed by atoms with Gasteiger partial charge in [0.25, 0.3) is 0 Å². The second kappa shape index (κ2) is 6.02. The lowest BCUT2D eigenvalue weighted by Gasteiger charge is -2.10. The third-order valence-corrected chi connectivity index (χ3v) is 4.57. The zero-order valence-electron chi connectivity index (χ0n) is 9.57. The van der Waals surface area contributed by atoms with Crippen molar-refractivity contribution in [2.24, 2.45) is 0 Å². The van der Waals surface area contributed by atoms with Crippen LogP contribution in [0, 0.1) is 11.3 Å². The van der Waals surface area contributed by atoms with E-state index < -0.39 is 15.3 Å². The van der Waals surface area contributed by atoms with Crippen molar-refractivity contribution < 1.29 is 8.42 Å². The molecule has 0 aromatic carbocycles. The van der Waals surface area contributed by atoms with Crippen LogP contribution in [0.15, 0.2) is 11.6 Å². The minimum atomic E-state index is -3.45. The first kappa shape index (κ1) is 13.2. The molecule has 1 aliphatic rings. The molecule has 16 heavy (non-hydrogen) atoms. The van der Waals surface area contributed by atoms with E-state index in [4.69, 9.17) is 5.26 Å². The predicted octanol–water partition coefficient (Wildman–Crippen LogP) is 1.71. The molecule has 0 radical (unpaired) electrons. The van der Waals surface area contributed by atoms with Gasteiger partial charge in [0.05, 0.1) is 6.07 Å². The Balaban J connectivity index is 2.39. The Hall–Kier alpha value is -0.860. The van der Waals surface area contributed by atoms with Gasteiger partial charge in [-0.15, -0.1) is 0 Å². The van der Waals surface area contributed by atoms with E-state index in [2.05, 4.69) is 10.8 Å². The summed E-state index contributed by atoms with van der Waals surface area (Å²) in [6, 6.07) is 1.81. The fourth-order valence-corrected chi connectivity index (χ4v) is 2.96. The summed E-state index contributed by atoms with van der Waals surface area (Å²) in [5.41, 5.74) is 1.33. The van der Waals surface area contributed by atoms with E-state index in [0.29, 0.717) is 13.0 Å². The molecule has 0 fully saturated rings. The van der Waals surface area contributed by atoms with Crippen LogP contribution >= 0.6 is 0 Å². The molecule has 4 nitrogen and oxygen atoms in total. The summed E-state index contributed by atoms with van der Waals surface area (Å²) >= 11 is 0. The molecule has 0 saturated carbocycles. The van der Waals surface area contributed by atoms with Gasteiger partial charge in [-0.05, 0) is 32.1 Å². The molecule has 0 amide bonds. The fraction of sp³-hybridized carbons (Fsp3) is 0.727. The lowest BCUT2D eigenvalue weighted by atomic mass is 10.2. The Morgan fingerprint density at radius 1 is 1.62 bits per heavy atom. The van der Waals surface area contributed by atoms with Crippen LogP contribution in [0.2, 0.25) is 0 Å². The van der Waals surface area contributed by atoms with Crippen LogP contribution in [0.1, 0.15) is 39.0 Å². The van der Waals surface area contributed by atoms with Gasteiger partial charge in [0, 0.05) is 6.54 Å². The molecular formula is C11H18N2O2S. The van der Waals surface area contributed by atoms with E-state index in [1.54, 1.807) is 13.0 Å². The van der Waals surface area contributed by atoms with Crippen LogP contribution in [0.4, 0.5) is 0 Å². The monoisotopic (exact) mass is 242 g/mol. The van der Waals surface area contributed by atoms with Crippen molar-refractivity contribution in [1.29, 1.82) is 5.26 Å². The van der Waals surface area contributed by atoms with Crippen LogP contribution in [-0.4, -0.2) is 20.2 Å². The van der Waals surface area contributed by atoms with Crippen LogP contribution in [0.5, 0.6) is 0 Å². The second-order valence-corrected chi connectivity index (χ2v) is 5.92. The molecule has 1 aliphatic carbocycles. The summed E-state index contributed by atoms with van der Waals surface area (Å²) in [5.74, 6) is 0. The maximum Gasteiger partial charge on any atom is 0.227 e. The maximum absolute atomic E-state index is 11.6. The van der Waals surface area contributed by atoms with E-state index in [0.717, 1.165) is 19.3 Å². The first-order valence-electron chi connectivity index (χ1n) is 5.66. The SMILES string of the molecule is CCC(C#N)S(=O)(=O)NCCC1=CCCC1. The number of hydrogen-bond donors (Lipinski definition) is 1. The van der Waals surface area contributed by atoms with Crippen LogP contribution in [0.25, 0.3) is 0 Å². The van der Waals surface area contributed by atoms with E-state index in [9.17, 15) is 8.42 Å².